The molecule has 0 spiro atoms. The molecule has 0 saturated heterocycles. The molecule has 4 aromatic rings. The Morgan fingerprint density at radius 2 is 1.06 bits per heavy atom. The molecule has 0 fully saturated rings. The Morgan fingerprint density at radius 3 is 1.43 bits per heavy atom. The summed E-state index contributed by atoms with van der Waals surface area (Å²) in [6.45, 7) is 12.2. The number of pyridine rings is 2. The van der Waals surface area contributed by atoms with Gasteiger partial charge >= 0.3 is 0 Å². The highest BCUT2D eigenvalue weighted by Gasteiger charge is 2.19. The second kappa shape index (κ2) is 11.2. The first-order valence-electron chi connectivity index (χ1n) is 11.6. The third-order valence-electron chi connectivity index (χ3n) is 6.43. The number of fused-ring (bicyclic) bond motifs is 2. The zero-order valence-electron chi connectivity index (χ0n) is 20.3. The SMILES string of the molecule is CCN(Cc1c(C)nc2cc(Cl)ccc2c1Cl)CN(CC)Cc1c(C)nc2cc(Cl)ccc2c1Cl. The molecule has 8 heteroatoms. The van der Waals surface area contributed by atoms with Gasteiger partial charge in [-0.05, 0) is 63.3 Å². The van der Waals surface area contributed by atoms with E-state index in [1.165, 1.54) is 0 Å². The highest BCUT2D eigenvalue weighted by Crippen LogP contribution is 2.32. The molecule has 0 amide bonds. The van der Waals surface area contributed by atoms with E-state index in [0.29, 0.717) is 23.1 Å². The summed E-state index contributed by atoms with van der Waals surface area (Å²) >= 11 is 26.0. The van der Waals surface area contributed by atoms with Crippen molar-refractivity contribution in [2.75, 3.05) is 19.8 Å². The molecule has 0 N–H and O–H groups in total. The van der Waals surface area contributed by atoms with Crippen molar-refractivity contribution in [3.63, 3.8) is 0 Å². The van der Waals surface area contributed by atoms with E-state index < -0.39 is 0 Å². The lowest BCUT2D eigenvalue weighted by molar-refractivity contribution is 0.129. The minimum atomic E-state index is 0.655. The fourth-order valence-corrected chi connectivity index (χ4v) is 5.37. The second-order valence-electron chi connectivity index (χ2n) is 8.73. The topological polar surface area (TPSA) is 32.3 Å². The summed E-state index contributed by atoms with van der Waals surface area (Å²) < 4.78 is 0. The van der Waals surface area contributed by atoms with Gasteiger partial charge < -0.3 is 0 Å². The van der Waals surface area contributed by atoms with Crippen LogP contribution in [0.5, 0.6) is 0 Å². The lowest BCUT2D eigenvalue weighted by Gasteiger charge is -2.30. The Kier molecular flexibility index (Phi) is 8.42. The highest BCUT2D eigenvalue weighted by molar-refractivity contribution is 6.37. The van der Waals surface area contributed by atoms with Gasteiger partial charge in [0.2, 0.25) is 0 Å². The van der Waals surface area contributed by atoms with Crippen molar-refractivity contribution >= 4 is 68.2 Å². The molecule has 0 bridgehead atoms. The van der Waals surface area contributed by atoms with Crippen LogP contribution < -0.4 is 0 Å². The van der Waals surface area contributed by atoms with Crippen LogP contribution in [0.3, 0.4) is 0 Å². The number of hydrogen-bond acceptors (Lipinski definition) is 4. The molecule has 2 heterocycles. The molecule has 0 radical (unpaired) electrons. The first-order chi connectivity index (χ1) is 16.7. The van der Waals surface area contributed by atoms with E-state index in [2.05, 4.69) is 23.6 Å². The van der Waals surface area contributed by atoms with Crippen LogP contribution >= 0.6 is 46.4 Å². The summed E-state index contributed by atoms with van der Waals surface area (Å²) in [6.07, 6.45) is 0. The maximum atomic E-state index is 6.85. The van der Waals surface area contributed by atoms with Crippen LogP contribution in [-0.2, 0) is 13.1 Å². The van der Waals surface area contributed by atoms with Crippen LogP contribution in [0.1, 0.15) is 36.4 Å². The average molecular weight is 550 g/mol. The van der Waals surface area contributed by atoms with Gasteiger partial charge in [-0.25, -0.2) is 0 Å². The lowest BCUT2D eigenvalue weighted by Crippen LogP contribution is -2.37. The number of benzene rings is 2. The summed E-state index contributed by atoms with van der Waals surface area (Å²) in [5.41, 5.74) is 5.55. The standard InChI is InChI=1S/C27H28Cl4N4/c1-5-34(13-22-16(3)32-24-11-18(28)7-9-20(24)26(22)30)15-35(6-2)14-23-17(4)33-25-12-19(29)8-10-21(25)27(23)31/h7-12H,5-6,13-15H2,1-4H3. The van der Waals surface area contributed by atoms with Gasteiger partial charge in [0.15, 0.2) is 0 Å². The van der Waals surface area contributed by atoms with E-state index >= 15 is 0 Å². The molecule has 0 aliphatic carbocycles. The summed E-state index contributed by atoms with van der Waals surface area (Å²) in [5, 5.41) is 4.63. The van der Waals surface area contributed by atoms with Crippen LogP contribution in [-0.4, -0.2) is 39.5 Å². The predicted octanol–water partition coefficient (Wildman–Crippen LogP) is 8.31. The van der Waals surface area contributed by atoms with Crippen molar-refractivity contribution in [1.82, 2.24) is 19.8 Å². The maximum Gasteiger partial charge on any atom is 0.0735 e. The van der Waals surface area contributed by atoms with Crippen molar-refractivity contribution < 1.29 is 0 Å². The van der Waals surface area contributed by atoms with Gasteiger partial charge in [-0.1, -0.05) is 60.3 Å². The van der Waals surface area contributed by atoms with E-state index in [1.807, 2.05) is 50.2 Å². The van der Waals surface area contributed by atoms with Crippen molar-refractivity contribution in [2.24, 2.45) is 0 Å². The first-order valence-corrected chi connectivity index (χ1v) is 13.2. The van der Waals surface area contributed by atoms with Crippen molar-refractivity contribution in [1.29, 1.82) is 0 Å². The van der Waals surface area contributed by atoms with E-state index in [-0.39, 0.29) is 0 Å². The lowest BCUT2D eigenvalue weighted by atomic mass is 10.1. The Balaban J connectivity index is 1.58. The van der Waals surface area contributed by atoms with E-state index in [1.54, 1.807) is 0 Å². The summed E-state index contributed by atoms with van der Waals surface area (Å²) in [4.78, 5) is 14.3. The molecular weight excluding hydrogens is 522 g/mol. The van der Waals surface area contributed by atoms with Crippen molar-refractivity contribution in [3.8, 4) is 0 Å². The number of aromatic nitrogens is 2. The number of hydrogen-bond donors (Lipinski definition) is 0. The van der Waals surface area contributed by atoms with Crippen molar-refractivity contribution in [2.45, 2.75) is 40.8 Å². The summed E-state index contributed by atoms with van der Waals surface area (Å²) in [7, 11) is 0. The molecule has 0 saturated carbocycles. The molecule has 4 rings (SSSR count). The Bertz CT molecular complexity index is 1280. The Hall–Kier alpha value is -1.66. The molecule has 0 atom stereocenters. The molecule has 0 aliphatic heterocycles. The van der Waals surface area contributed by atoms with Crippen molar-refractivity contribution in [3.05, 3.63) is 79.0 Å². The van der Waals surface area contributed by atoms with Gasteiger partial charge in [0.1, 0.15) is 0 Å². The molecule has 0 unspecified atom stereocenters. The number of halogens is 4. The van der Waals surface area contributed by atoms with Gasteiger partial charge in [-0.3, -0.25) is 19.8 Å². The fourth-order valence-electron chi connectivity index (χ4n) is 4.33. The number of aryl methyl sites for hydroxylation is 2. The second-order valence-corrected chi connectivity index (χ2v) is 10.4. The fraction of sp³-hybridized carbons (Fsp3) is 0.333. The van der Waals surface area contributed by atoms with Gasteiger partial charge in [-0.15, -0.1) is 0 Å². The highest BCUT2D eigenvalue weighted by atomic mass is 35.5. The number of nitrogens with zero attached hydrogens (tertiary/aromatic N) is 4. The molecule has 35 heavy (non-hydrogen) atoms. The van der Waals surface area contributed by atoms with E-state index in [0.717, 1.165) is 74.1 Å². The van der Waals surface area contributed by atoms with Crippen LogP contribution in [0.4, 0.5) is 0 Å². The van der Waals surface area contributed by atoms with Gasteiger partial charge in [-0.2, -0.15) is 0 Å². The van der Waals surface area contributed by atoms with Crippen LogP contribution in [0.25, 0.3) is 21.8 Å². The number of rotatable bonds is 8. The normalized spacial score (nSPS) is 11.9. The molecule has 0 aliphatic rings. The van der Waals surface area contributed by atoms with Crippen LogP contribution in [0, 0.1) is 13.8 Å². The predicted molar refractivity (Wildman–Crippen MR) is 150 cm³/mol. The summed E-state index contributed by atoms with van der Waals surface area (Å²) in [5.74, 6) is 0. The third kappa shape index (κ3) is 5.69. The van der Waals surface area contributed by atoms with Gasteiger partial charge in [0, 0.05) is 56.4 Å². The molecule has 2 aromatic carbocycles. The zero-order chi connectivity index (χ0) is 25.3. The molecule has 2 aromatic heterocycles. The monoisotopic (exact) mass is 548 g/mol. The third-order valence-corrected chi connectivity index (χ3v) is 7.76. The molecular formula is C27H28Cl4N4. The van der Waals surface area contributed by atoms with E-state index in [9.17, 15) is 0 Å². The largest absolute Gasteiger partial charge is 0.286 e. The summed E-state index contributed by atoms with van der Waals surface area (Å²) in [6, 6.07) is 11.3. The van der Waals surface area contributed by atoms with E-state index in [4.69, 9.17) is 56.4 Å². The van der Waals surface area contributed by atoms with Crippen LogP contribution in [0.2, 0.25) is 20.1 Å². The average Bonchev–Trinajstić information content (AvgIpc) is 2.81. The van der Waals surface area contributed by atoms with Gasteiger partial charge in [0.25, 0.3) is 0 Å². The Morgan fingerprint density at radius 1 is 0.657 bits per heavy atom. The first kappa shape index (κ1) is 26.4. The van der Waals surface area contributed by atoms with Gasteiger partial charge in [0.05, 0.1) is 27.7 Å². The van der Waals surface area contributed by atoms with Crippen LogP contribution in [0.15, 0.2) is 36.4 Å². The zero-order valence-corrected chi connectivity index (χ0v) is 23.3. The smallest absolute Gasteiger partial charge is 0.0735 e. The molecule has 184 valence electrons. The Labute approximate surface area is 226 Å². The minimum absolute atomic E-state index is 0.655. The minimum Gasteiger partial charge on any atom is -0.286 e. The maximum absolute atomic E-state index is 6.85. The quantitative estimate of drug-likeness (QED) is 0.207. The molecule has 4 nitrogen and oxygen atoms in total.